The van der Waals surface area contributed by atoms with E-state index >= 15 is 0 Å². The molecule has 0 bridgehead atoms. The first-order chi connectivity index (χ1) is 17.0. The van der Waals surface area contributed by atoms with E-state index < -0.39 is 13.5 Å². The van der Waals surface area contributed by atoms with E-state index in [9.17, 15) is 0 Å². The molecule has 1 heterocycles. The van der Waals surface area contributed by atoms with Crippen molar-refractivity contribution < 1.29 is 22.7 Å². The van der Waals surface area contributed by atoms with Gasteiger partial charge in [0.05, 0.1) is 0 Å². The van der Waals surface area contributed by atoms with E-state index in [-0.39, 0.29) is 0 Å². The van der Waals surface area contributed by atoms with Crippen LogP contribution in [0.15, 0.2) is 48.5 Å². The minimum atomic E-state index is -1.71. The van der Waals surface area contributed by atoms with Gasteiger partial charge >= 0.3 is 98.0 Å². The van der Waals surface area contributed by atoms with Crippen LogP contribution in [0, 0.1) is 41.5 Å². The maximum absolute atomic E-state index is 5.82. The van der Waals surface area contributed by atoms with Gasteiger partial charge in [0.25, 0.3) is 0 Å². The summed E-state index contributed by atoms with van der Waals surface area (Å²) in [6.45, 7) is 15.1. The van der Waals surface area contributed by atoms with E-state index in [0.717, 1.165) is 24.3 Å². The number of anilines is 1. The molecule has 0 spiro atoms. The molecule has 0 N–H and O–H groups in total. The Morgan fingerprint density at radius 3 is 1.56 bits per heavy atom. The van der Waals surface area contributed by atoms with Crippen LogP contribution in [0.5, 0.6) is 0 Å². The van der Waals surface area contributed by atoms with Crippen molar-refractivity contribution in [3.05, 3.63) is 87.5 Å². The molecule has 0 aliphatic carbocycles. The van der Waals surface area contributed by atoms with Gasteiger partial charge in [-0.15, -0.1) is 0 Å². The summed E-state index contributed by atoms with van der Waals surface area (Å²) < 4.78 is 6.52. The van der Waals surface area contributed by atoms with E-state index in [1.165, 1.54) is 44.8 Å². The molecule has 192 valence electrons. The van der Waals surface area contributed by atoms with Crippen LogP contribution in [-0.4, -0.2) is 47.0 Å². The van der Waals surface area contributed by atoms with Crippen molar-refractivity contribution in [1.29, 1.82) is 0 Å². The zero-order valence-corrected chi connectivity index (χ0v) is 25.8. The first-order valence-electron chi connectivity index (χ1n) is 12.0. The molecule has 6 heteroatoms. The van der Waals surface area contributed by atoms with Gasteiger partial charge in [-0.1, -0.05) is 20.3 Å². The number of nitrogens with zero attached hydrogens (tertiary/aromatic N) is 3. The molecule has 0 fully saturated rings. The summed E-state index contributed by atoms with van der Waals surface area (Å²) in [7, 11) is 15.7. The van der Waals surface area contributed by atoms with Crippen LogP contribution >= 0.6 is 19.4 Å². The maximum atomic E-state index is 5.82. The van der Waals surface area contributed by atoms with E-state index in [2.05, 4.69) is 91.9 Å². The molecular weight excluding hydrogens is 574 g/mol. The third-order valence-corrected chi connectivity index (χ3v) is 8.04. The van der Waals surface area contributed by atoms with Crippen LogP contribution in [0.3, 0.4) is 0 Å². The summed E-state index contributed by atoms with van der Waals surface area (Å²) >= 11 is -1.71. The van der Waals surface area contributed by atoms with Gasteiger partial charge in [-0.05, 0) is 65.8 Å². The zero-order chi connectivity index (χ0) is 26.6. The van der Waals surface area contributed by atoms with Crippen LogP contribution in [0.25, 0.3) is 0 Å². The molecule has 0 atom stereocenters. The average molecular weight is 612 g/mol. The second kappa shape index (κ2) is 12.4. The molecule has 0 saturated heterocycles. The number of hydrogen-bond donors (Lipinski definition) is 0. The third kappa shape index (κ3) is 7.02. The van der Waals surface area contributed by atoms with Crippen molar-refractivity contribution in [3.8, 4) is 0 Å². The van der Waals surface area contributed by atoms with Crippen molar-refractivity contribution >= 4 is 47.1 Å². The number of halogens is 2. The fourth-order valence-corrected chi connectivity index (χ4v) is 6.85. The Labute approximate surface area is 229 Å². The van der Waals surface area contributed by atoms with Crippen molar-refractivity contribution in [2.45, 2.75) is 41.5 Å². The van der Waals surface area contributed by atoms with Crippen molar-refractivity contribution in [2.75, 3.05) is 32.1 Å². The molecule has 1 aliphatic rings. The molecule has 3 nitrogen and oxygen atoms in total. The van der Waals surface area contributed by atoms with Crippen molar-refractivity contribution in [2.24, 2.45) is 0 Å². The van der Waals surface area contributed by atoms with Gasteiger partial charge in [0.15, 0.2) is 0 Å². The van der Waals surface area contributed by atoms with Crippen molar-refractivity contribution in [1.82, 2.24) is 0 Å². The number of hydrogen-bond acceptors (Lipinski definition) is 1. The van der Waals surface area contributed by atoms with E-state index in [1.54, 1.807) is 0 Å². The largest absolute Gasteiger partial charge is 0.490 e. The maximum Gasteiger partial charge on any atom is 0.490 e. The van der Waals surface area contributed by atoms with Crippen LogP contribution in [0.2, 0.25) is 0 Å². The van der Waals surface area contributed by atoms with Crippen LogP contribution < -0.4 is 4.90 Å². The predicted octanol–water partition coefficient (Wildman–Crippen LogP) is 7.54. The Balaban J connectivity index is 0.000000236. The Hall–Kier alpha value is -2.09. The monoisotopic (exact) mass is 611 g/mol. The fourth-order valence-electron chi connectivity index (χ4n) is 5.03. The first-order valence-corrected chi connectivity index (χ1v) is 17.5. The standard InChI is InChI=1S/C21H26N2.C9H11N.2ClH.Ru/c1-14-9-16(3)20(17(4)10-14)22-7-8-23(13-22)21-18(5)11-15(2)12-19(21)6;1-8-6-4-5-7-9(8)10(2)3;;;/h9-12H,7-8H2,1-6H3;1,4-7H,2-3H3;2*1H;/q+2;;;;+2/p-2. The van der Waals surface area contributed by atoms with Gasteiger partial charge < -0.3 is 0 Å². The van der Waals surface area contributed by atoms with Crippen molar-refractivity contribution in [3.63, 3.8) is 0 Å². The van der Waals surface area contributed by atoms with E-state index in [0.29, 0.717) is 0 Å². The normalized spacial score (nSPS) is 12.9. The molecule has 0 unspecified atom stereocenters. The quantitative estimate of drug-likeness (QED) is 0.219. The molecule has 1 aliphatic heterocycles. The summed E-state index contributed by atoms with van der Waals surface area (Å²) in [4.78, 5) is 2.05. The molecule has 4 rings (SSSR count). The Morgan fingerprint density at radius 2 is 1.17 bits per heavy atom. The minimum Gasteiger partial charge on any atom is -0.0867 e. The molecule has 36 heavy (non-hydrogen) atoms. The predicted molar refractivity (Wildman–Crippen MR) is 154 cm³/mol. The Kier molecular flexibility index (Phi) is 9.84. The van der Waals surface area contributed by atoms with Gasteiger partial charge in [-0.25, -0.2) is 0 Å². The molecule has 3 aromatic rings. The third-order valence-electron chi connectivity index (χ3n) is 6.20. The van der Waals surface area contributed by atoms with Crippen LogP contribution in [0.4, 0.5) is 17.1 Å². The molecular formula is C30H37Cl2N3Ru+2. The smallest absolute Gasteiger partial charge is 0.0867 e. The molecule has 0 radical (unpaired) electrons. The summed E-state index contributed by atoms with van der Waals surface area (Å²) in [6, 6.07) is 20.7. The molecule has 3 aromatic carbocycles. The topological polar surface area (TPSA) is 9.26 Å². The first kappa shape index (κ1) is 28.5. The number of rotatable bonds is 4. The van der Waals surface area contributed by atoms with Crippen LogP contribution in [-0.2, 0) is 13.5 Å². The summed E-state index contributed by atoms with van der Waals surface area (Å²) in [6.07, 6.45) is 0. The minimum absolute atomic E-state index is 0.984. The van der Waals surface area contributed by atoms with Gasteiger partial charge in [-0.3, -0.25) is 0 Å². The Morgan fingerprint density at radius 1 is 0.750 bits per heavy atom. The number of aryl methyl sites for hydroxylation is 6. The second-order valence-corrected chi connectivity index (χ2v) is 15.4. The molecule has 0 saturated carbocycles. The van der Waals surface area contributed by atoms with E-state index in [1.807, 2.05) is 36.9 Å². The van der Waals surface area contributed by atoms with E-state index in [4.69, 9.17) is 19.4 Å². The number of para-hydroxylation sites is 1. The van der Waals surface area contributed by atoms with Crippen LogP contribution in [0.1, 0.15) is 38.9 Å². The zero-order valence-electron chi connectivity index (χ0n) is 22.6. The van der Waals surface area contributed by atoms with Gasteiger partial charge in [0, 0.05) is 22.3 Å². The average Bonchev–Trinajstić information content (AvgIpc) is 3.21. The van der Waals surface area contributed by atoms with Gasteiger partial charge in [0.1, 0.15) is 0 Å². The number of benzene rings is 3. The molecule has 0 amide bonds. The summed E-state index contributed by atoms with van der Waals surface area (Å²) in [5.74, 6) is 0. The summed E-state index contributed by atoms with van der Waals surface area (Å²) in [5.41, 5.74) is 12.8. The second-order valence-electron chi connectivity index (χ2n) is 9.66. The Bertz CT molecular complexity index is 1260. The molecule has 0 aromatic heterocycles. The summed E-state index contributed by atoms with van der Waals surface area (Å²) in [5, 5.41) is 0. The fraction of sp³-hybridized carbons (Fsp3) is 0.333. The van der Waals surface area contributed by atoms with Gasteiger partial charge in [0.2, 0.25) is 24.5 Å². The SMILES string of the molecule is CN(C)c1ccccc1[CH]=[Ru]([Cl])[Cl].Cc1cc(C)c([N+]2=C=[N+](c3c(C)cc(C)cc3C)CC2)c(C)c1. The van der Waals surface area contributed by atoms with Gasteiger partial charge in [-0.2, -0.15) is 0 Å².